The predicted octanol–water partition coefficient (Wildman–Crippen LogP) is -0.199. The van der Waals surface area contributed by atoms with Gasteiger partial charge in [-0.1, -0.05) is 0 Å². The topological polar surface area (TPSA) is 55.7 Å². The Morgan fingerprint density at radius 3 is 2.69 bits per heavy atom. The van der Waals surface area contributed by atoms with Crippen LogP contribution in [-0.4, -0.2) is 35.1 Å². The van der Waals surface area contributed by atoms with E-state index in [1.54, 1.807) is 0 Å². The van der Waals surface area contributed by atoms with Gasteiger partial charge in [0.25, 0.3) is 0 Å². The highest BCUT2D eigenvalue weighted by atomic mass is 16.5. The highest BCUT2D eigenvalue weighted by molar-refractivity contribution is 5.12. The third-order valence-electron chi connectivity index (χ3n) is 3.06. The van der Waals surface area contributed by atoms with Crippen LogP contribution in [0.25, 0.3) is 0 Å². The van der Waals surface area contributed by atoms with Crippen molar-refractivity contribution in [1.82, 2.24) is 10.2 Å². The molecule has 0 unspecified atom stereocenters. The Morgan fingerprint density at radius 1 is 1.62 bits per heavy atom. The molecule has 0 radical (unpaired) electrons. The van der Waals surface area contributed by atoms with Gasteiger partial charge in [-0.05, 0) is 19.3 Å². The quantitative estimate of drug-likeness (QED) is 0.532. The first-order valence-electron chi connectivity index (χ1n) is 4.64. The highest BCUT2D eigenvalue weighted by Gasteiger charge is 2.49. The molecule has 4 heteroatoms. The van der Waals surface area contributed by atoms with Crippen LogP contribution in [0, 0.1) is 5.41 Å². The summed E-state index contributed by atoms with van der Waals surface area (Å²) in [5.41, 5.74) is 0.928. The van der Waals surface area contributed by atoms with E-state index in [2.05, 4.69) is 10.2 Å². The van der Waals surface area contributed by atoms with Crippen molar-refractivity contribution >= 4 is 0 Å². The van der Waals surface area contributed by atoms with E-state index in [1.807, 2.05) is 13.2 Å². The average molecular weight is 184 g/mol. The fourth-order valence-corrected chi connectivity index (χ4v) is 1.75. The molecule has 74 valence electrons. The van der Waals surface area contributed by atoms with Crippen LogP contribution in [0.2, 0.25) is 0 Å². The smallest absolute Gasteiger partial charge is 0.157 e. The maximum atomic E-state index is 9.18. The van der Waals surface area contributed by atoms with Crippen molar-refractivity contribution in [3.05, 3.63) is 11.9 Å². The standard InChI is InChI=1S/C9H16N2O2/c1-11-6-10-5-7(11)4-9(2-3-9)8(12)13/h5,8,10,12-13H,2-4,6H2,1H3. The summed E-state index contributed by atoms with van der Waals surface area (Å²) in [4.78, 5) is 2.10. The van der Waals surface area contributed by atoms with Crippen molar-refractivity contribution in [3.8, 4) is 0 Å². The number of nitrogens with one attached hydrogen (secondary N) is 1. The van der Waals surface area contributed by atoms with Crippen LogP contribution >= 0.6 is 0 Å². The van der Waals surface area contributed by atoms with E-state index in [0.29, 0.717) is 0 Å². The maximum absolute atomic E-state index is 9.18. The monoisotopic (exact) mass is 184 g/mol. The van der Waals surface area contributed by atoms with Crippen molar-refractivity contribution in [2.75, 3.05) is 13.7 Å². The molecule has 0 spiro atoms. The van der Waals surface area contributed by atoms with Gasteiger partial charge in [-0.25, -0.2) is 0 Å². The van der Waals surface area contributed by atoms with Gasteiger partial charge in [0, 0.05) is 24.4 Å². The minimum Gasteiger partial charge on any atom is -0.372 e. The molecule has 1 saturated carbocycles. The third-order valence-corrected chi connectivity index (χ3v) is 3.06. The number of aliphatic hydroxyl groups excluding tert-OH is 1. The molecule has 0 bridgehead atoms. The van der Waals surface area contributed by atoms with E-state index in [1.165, 1.54) is 5.70 Å². The van der Waals surface area contributed by atoms with Gasteiger partial charge in [0.2, 0.25) is 0 Å². The Labute approximate surface area is 77.9 Å². The molecule has 1 aliphatic heterocycles. The number of aliphatic hydroxyl groups is 2. The summed E-state index contributed by atoms with van der Waals surface area (Å²) in [6.45, 7) is 0.826. The molecular weight excluding hydrogens is 168 g/mol. The van der Waals surface area contributed by atoms with Crippen molar-refractivity contribution < 1.29 is 10.2 Å². The predicted molar refractivity (Wildman–Crippen MR) is 48.4 cm³/mol. The molecule has 4 nitrogen and oxygen atoms in total. The van der Waals surface area contributed by atoms with E-state index in [0.717, 1.165) is 25.9 Å². The van der Waals surface area contributed by atoms with E-state index in [4.69, 9.17) is 0 Å². The molecule has 0 aromatic carbocycles. The number of nitrogens with zero attached hydrogens (tertiary/aromatic N) is 1. The molecule has 0 atom stereocenters. The molecule has 1 fully saturated rings. The second-order valence-corrected chi connectivity index (χ2v) is 4.11. The Morgan fingerprint density at radius 2 is 2.31 bits per heavy atom. The van der Waals surface area contributed by atoms with Crippen LogP contribution in [-0.2, 0) is 0 Å². The molecule has 2 aliphatic rings. The Hall–Kier alpha value is -0.740. The minimum atomic E-state index is -1.16. The van der Waals surface area contributed by atoms with Crippen LogP contribution in [0.15, 0.2) is 11.9 Å². The fraction of sp³-hybridized carbons (Fsp3) is 0.778. The molecule has 0 aromatic rings. The molecule has 1 heterocycles. The first kappa shape index (κ1) is 8.84. The van der Waals surface area contributed by atoms with Gasteiger partial charge in [-0.3, -0.25) is 0 Å². The Kier molecular flexibility index (Phi) is 1.96. The van der Waals surface area contributed by atoms with Crippen LogP contribution in [0.3, 0.4) is 0 Å². The molecule has 2 rings (SSSR count). The van der Waals surface area contributed by atoms with Gasteiger partial charge in [0.15, 0.2) is 6.29 Å². The number of hydrogen-bond donors (Lipinski definition) is 3. The first-order chi connectivity index (χ1) is 6.14. The average Bonchev–Trinajstić information content (AvgIpc) is 2.74. The summed E-state index contributed by atoms with van der Waals surface area (Å²) in [5.74, 6) is 0. The van der Waals surface area contributed by atoms with Crippen molar-refractivity contribution in [3.63, 3.8) is 0 Å². The number of hydrogen-bond acceptors (Lipinski definition) is 4. The lowest BCUT2D eigenvalue weighted by Crippen LogP contribution is -2.25. The highest BCUT2D eigenvalue weighted by Crippen LogP contribution is 2.53. The third kappa shape index (κ3) is 1.51. The zero-order valence-corrected chi connectivity index (χ0v) is 7.82. The Balaban J connectivity index is 1.98. The van der Waals surface area contributed by atoms with Gasteiger partial charge in [-0.2, -0.15) is 0 Å². The zero-order chi connectivity index (χ0) is 9.47. The van der Waals surface area contributed by atoms with E-state index < -0.39 is 6.29 Å². The summed E-state index contributed by atoms with van der Waals surface area (Å²) < 4.78 is 0. The van der Waals surface area contributed by atoms with Gasteiger partial charge >= 0.3 is 0 Å². The second-order valence-electron chi connectivity index (χ2n) is 4.11. The first-order valence-corrected chi connectivity index (χ1v) is 4.64. The number of rotatable bonds is 3. The minimum absolute atomic E-state index is 0.244. The summed E-state index contributed by atoms with van der Waals surface area (Å²) in [6.07, 6.45) is 3.42. The van der Waals surface area contributed by atoms with Gasteiger partial charge in [-0.15, -0.1) is 0 Å². The lowest BCUT2D eigenvalue weighted by Gasteiger charge is -2.22. The molecule has 3 N–H and O–H groups in total. The fourth-order valence-electron chi connectivity index (χ4n) is 1.75. The Bertz CT molecular complexity index is 234. The molecular formula is C9H16N2O2. The maximum Gasteiger partial charge on any atom is 0.157 e. The molecule has 13 heavy (non-hydrogen) atoms. The van der Waals surface area contributed by atoms with Crippen LogP contribution in [0.1, 0.15) is 19.3 Å². The van der Waals surface area contributed by atoms with Crippen molar-refractivity contribution in [2.45, 2.75) is 25.6 Å². The summed E-state index contributed by atoms with van der Waals surface area (Å²) in [5, 5.41) is 21.5. The lowest BCUT2D eigenvalue weighted by atomic mass is 10.00. The van der Waals surface area contributed by atoms with Crippen LogP contribution < -0.4 is 5.32 Å². The normalized spacial score (nSPS) is 24.6. The van der Waals surface area contributed by atoms with Crippen LogP contribution in [0.4, 0.5) is 0 Å². The van der Waals surface area contributed by atoms with Crippen LogP contribution in [0.5, 0.6) is 0 Å². The summed E-state index contributed by atoms with van der Waals surface area (Å²) in [7, 11) is 2.01. The lowest BCUT2D eigenvalue weighted by molar-refractivity contribution is -0.0959. The zero-order valence-electron chi connectivity index (χ0n) is 7.82. The van der Waals surface area contributed by atoms with E-state index >= 15 is 0 Å². The van der Waals surface area contributed by atoms with E-state index in [9.17, 15) is 10.2 Å². The molecule has 0 saturated heterocycles. The van der Waals surface area contributed by atoms with Gasteiger partial charge in [0.05, 0.1) is 6.67 Å². The molecule has 0 amide bonds. The van der Waals surface area contributed by atoms with Gasteiger partial charge < -0.3 is 20.4 Å². The van der Waals surface area contributed by atoms with Crippen molar-refractivity contribution in [1.29, 1.82) is 0 Å². The van der Waals surface area contributed by atoms with Gasteiger partial charge in [0.1, 0.15) is 0 Å². The molecule has 1 aliphatic carbocycles. The second kappa shape index (κ2) is 2.89. The SMILES string of the molecule is CN1CNC=C1CC1(C(O)O)CC1. The largest absolute Gasteiger partial charge is 0.372 e. The number of allylic oxidation sites excluding steroid dienone is 1. The molecule has 0 aromatic heterocycles. The summed E-state index contributed by atoms with van der Waals surface area (Å²) >= 11 is 0. The summed E-state index contributed by atoms with van der Waals surface area (Å²) in [6, 6.07) is 0. The van der Waals surface area contributed by atoms with E-state index in [-0.39, 0.29) is 5.41 Å². The van der Waals surface area contributed by atoms with Crippen molar-refractivity contribution in [2.24, 2.45) is 5.41 Å².